The molecular formula is C16H25NO2. The monoisotopic (exact) mass is 263 g/mol. The molecule has 0 amide bonds. The Morgan fingerprint density at radius 2 is 1.74 bits per heavy atom. The van der Waals surface area contributed by atoms with Crippen molar-refractivity contribution in [2.75, 3.05) is 0 Å². The highest BCUT2D eigenvalue weighted by Gasteiger charge is 2.20. The molecule has 0 saturated heterocycles. The Labute approximate surface area is 116 Å². The Kier molecular flexibility index (Phi) is 5.12. The second-order valence-electron chi connectivity index (χ2n) is 6.39. The van der Waals surface area contributed by atoms with E-state index < -0.39 is 12.0 Å². The van der Waals surface area contributed by atoms with Gasteiger partial charge in [0.2, 0.25) is 0 Å². The normalized spacial score (nSPS) is 13.6. The second-order valence-corrected chi connectivity index (χ2v) is 6.39. The minimum atomic E-state index is -0.790. The molecule has 0 aromatic heterocycles. The quantitative estimate of drug-likeness (QED) is 0.857. The van der Waals surface area contributed by atoms with E-state index in [1.807, 2.05) is 13.8 Å². The number of hydrogen-bond donors (Lipinski definition) is 2. The number of nitrogens with one attached hydrogen (secondary N) is 1. The van der Waals surface area contributed by atoms with Gasteiger partial charge in [-0.1, -0.05) is 58.9 Å². The van der Waals surface area contributed by atoms with Crippen LogP contribution in [-0.2, 0) is 16.8 Å². The Morgan fingerprint density at radius 3 is 2.11 bits per heavy atom. The maximum Gasteiger partial charge on any atom is 0.320 e. The molecule has 0 aliphatic carbocycles. The summed E-state index contributed by atoms with van der Waals surface area (Å²) in [7, 11) is 0. The third-order valence-corrected chi connectivity index (χ3v) is 3.28. The van der Waals surface area contributed by atoms with E-state index in [1.165, 1.54) is 5.56 Å². The predicted molar refractivity (Wildman–Crippen MR) is 78.2 cm³/mol. The molecule has 1 atom stereocenters. The molecule has 1 unspecified atom stereocenters. The van der Waals surface area contributed by atoms with Crippen LogP contribution in [0.1, 0.15) is 45.7 Å². The van der Waals surface area contributed by atoms with E-state index in [2.05, 4.69) is 50.4 Å². The Morgan fingerprint density at radius 1 is 1.21 bits per heavy atom. The van der Waals surface area contributed by atoms with E-state index in [0.717, 1.165) is 5.56 Å². The van der Waals surface area contributed by atoms with Gasteiger partial charge in [0.05, 0.1) is 0 Å². The van der Waals surface area contributed by atoms with Crippen LogP contribution in [0.15, 0.2) is 24.3 Å². The van der Waals surface area contributed by atoms with Crippen molar-refractivity contribution in [2.45, 2.75) is 52.6 Å². The van der Waals surface area contributed by atoms with E-state index in [0.29, 0.717) is 6.54 Å². The summed E-state index contributed by atoms with van der Waals surface area (Å²) in [6.45, 7) is 10.9. The molecule has 2 N–H and O–H groups in total. The van der Waals surface area contributed by atoms with Gasteiger partial charge in [0.25, 0.3) is 0 Å². The van der Waals surface area contributed by atoms with Gasteiger partial charge in [-0.25, -0.2) is 0 Å². The molecule has 3 nitrogen and oxygen atoms in total. The Balaban J connectivity index is 2.66. The summed E-state index contributed by atoms with van der Waals surface area (Å²) >= 11 is 0. The summed E-state index contributed by atoms with van der Waals surface area (Å²) in [5.41, 5.74) is 2.54. The first-order valence-corrected chi connectivity index (χ1v) is 6.77. The summed E-state index contributed by atoms with van der Waals surface area (Å²) in [6.07, 6.45) is 0. The SMILES string of the molecule is CC(C)C(NCc1ccc(C(C)(C)C)cc1)C(=O)O. The summed E-state index contributed by atoms with van der Waals surface area (Å²) in [6, 6.07) is 7.85. The van der Waals surface area contributed by atoms with E-state index in [4.69, 9.17) is 5.11 Å². The van der Waals surface area contributed by atoms with Crippen LogP contribution in [0.25, 0.3) is 0 Å². The van der Waals surface area contributed by atoms with Crippen molar-refractivity contribution >= 4 is 5.97 Å². The number of carboxylic acid groups (broad SMARTS) is 1. The predicted octanol–water partition coefficient (Wildman–Crippen LogP) is 3.18. The van der Waals surface area contributed by atoms with Crippen molar-refractivity contribution < 1.29 is 9.90 Å². The topological polar surface area (TPSA) is 49.3 Å². The standard InChI is InChI=1S/C16H25NO2/c1-11(2)14(15(18)19)17-10-12-6-8-13(9-7-12)16(3,4)5/h6-9,11,14,17H,10H2,1-5H3,(H,18,19). The number of carbonyl (C=O) groups is 1. The van der Waals surface area contributed by atoms with Gasteiger partial charge in [0.1, 0.15) is 6.04 Å². The minimum Gasteiger partial charge on any atom is -0.480 e. The van der Waals surface area contributed by atoms with Crippen molar-refractivity contribution in [3.63, 3.8) is 0 Å². The molecule has 0 aliphatic heterocycles. The van der Waals surface area contributed by atoms with E-state index in [-0.39, 0.29) is 11.3 Å². The smallest absolute Gasteiger partial charge is 0.320 e. The fourth-order valence-electron chi connectivity index (χ4n) is 1.96. The van der Waals surface area contributed by atoms with Gasteiger partial charge in [-0.2, -0.15) is 0 Å². The lowest BCUT2D eigenvalue weighted by Crippen LogP contribution is -2.40. The lowest BCUT2D eigenvalue weighted by Gasteiger charge is -2.20. The third-order valence-electron chi connectivity index (χ3n) is 3.28. The maximum atomic E-state index is 11.1. The van der Waals surface area contributed by atoms with E-state index >= 15 is 0 Å². The minimum absolute atomic E-state index is 0.0753. The number of hydrogen-bond acceptors (Lipinski definition) is 2. The summed E-state index contributed by atoms with van der Waals surface area (Å²) in [5, 5.41) is 12.2. The van der Waals surface area contributed by atoms with Crippen LogP contribution in [0.4, 0.5) is 0 Å². The Hall–Kier alpha value is -1.35. The van der Waals surface area contributed by atoms with Gasteiger partial charge < -0.3 is 10.4 Å². The van der Waals surface area contributed by atoms with Crippen molar-refractivity contribution in [3.05, 3.63) is 35.4 Å². The first-order valence-electron chi connectivity index (χ1n) is 6.77. The maximum absolute atomic E-state index is 11.1. The molecule has 1 aromatic carbocycles. The molecule has 0 heterocycles. The summed E-state index contributed by atoms with van der Waals surface area (Å²) < 4.78 is 0. The first-order chi connectivity index (χ1) is 8.71. The van der Waals surface area contributed by atoms with Crippen LogP contribution >= 0.6 is 0 Å². The van der Waals surface area contributed by atoms with Gasteiger partial charge in [-0.05, 0) is 22.5 Å². The zero-order valence-electron chi connectivity index (χ0n) is 12.5. The van der Waals surface area contributed by atoms with E-state index in [9.17, 15) is 4.79 Å². The lowest BCUT2D eigenvalue weighted by atomic mass is 9.87. The van der Waals surface area contributed by atoms with Crippen molar-refractivity contribution in [3.8, 4) is 0 Å². The Bertz CT molecular complexity index is 415. The molecular weight excluding hydrogens is 238 g/mol. The molecule has 0 bridgehead atoms. The number of benzene rings is 1. The van der Waals surface area contributed by atoms with Crippen LogP contribution in [0.3, 0.4) is 0 Å². The second kappa shape index (κ2) is 6.20. The molecule has 0 aliphatic rings. The third kappa shape index (κ3) is 4.67. The highest BCUT2D eigenvalue weighted by molar-refractivity contribution is 5.73. The van der Waals surface area contributed by atoms with Crippen LogP contribution in [0, 0.1) is 5.92 Å². The molecule has 0 radical (unpaired) electrons. The first kappa shape index (κ1) is 15.7. The van der Waals surface area contributed by atoms with Crippen molar-refractivity contribution in [1.82, 2.24) is 5.32 Å². The zero-order valence-corrected chi connectivity index (χ0v) is 12.5. The van der Waals surface area contributed by atoms with Gasteiger partial charge in [-0.3, -0.25) is 4.79 Å². The van der Waals surface area contributed by atoms with Crippen molar-refractivity contribution in [1.29, 1.82) is 0 Å². The highest BCUT2D eigenvalue weighted by atomic mass is 16.4. The van der Waals surface area contributed by atoms with E-state index in [1.54, 1.807) is 0 Å². The number of aliphatic carboxylic acids is 1. The van der Waals surface area contributed by atoms with Crippen LogP contribution in [0.2, 0.25) is 0 Å². The zero-order chi connectivity index (χ0) is 14.6. The van der Waals surface area contributed by atoms with Gasteiger partial charge in [0.15, 0.2) is 0 Å². The molecule has 3 heteroatoms. The van der Waals surface area contributed by atoms with Crippen molar-refractivity contribution in [2.24, 2.45) is 5.92 Å². The lowest BCUT2D eigenvalue weighted by molar-refractivity contribution is -0.140. The molecule has 0 fully saturated rings. The fourth-order valence-corrected chi connectivity index (χ4v) is 1.96. The summed E-state index contributed by atoms with van der Waals surface area (Å²) in [5.74, 6) is -0.715. The molecule has 19 heavy (non-hydrogen) atoms. The van der Waals surface area contributed by atoms with Gasteiger partial charge in [0, 0.05) is 6.54 Å². The van der Waals surface area contributed by atoms with Gasteiger partial charge in [-0.15, -0.1) is 0 Å². The fraction of sp³-hybridized carbons (Fsp3) is 0.562. The molecule has 106 valence electrons. The highest BCUT2D eigenvalue weighted by Crippen LogP contribution is 2.22. The van der Waals surface area contributed by atoms with Crippen LogP contribution < -0.4 is 5.32 Å². The molecule has 1 aromatic rings. The molecule has 1 rings (SSSR count). The number of rotatable bonds is 5. The van der Waals surface area contributed by atoms with Crippen LogP contribution in [-0.4, -0.2) is 17.1 Å². The average molecular weight is 263 g/mol. The average Bonchev–Trinajstić information content (AvgIpc) is 2.27. The van der Waals surface area contributed by atoms with Gasteiger partial charge >= 0.3 is 5.97 Å². The molecule has 0 spiro atoms. The largest absolute Gasteiger partial charge is 0.480 e. The number of carboxylic acids is 1. The molecule has 0 saturated carbocycles. The summed E-state index contributed by atoms with van der Waals surface area (Å²) in [4.78, 5) is 11.1. The van der Waals surface area contributed by atoms with Crippen LogP contribution in [0.5, 0.6) is 0 Å².